The van der Waals surface area contributed by atoms with Crippen molar-refractivity contribution in [2.24, 2.45) is 0 Å². The van der Waals surface area contributed by atoms with Crippen LogP contribution in [0.1, 0.15) is 20.3 Å². The topological polar surface area (TPSA) is 3.24 Å². The van der Waals surface area contributed by atoms with Gasteiger partial charge < -0.3 is 0 Å². The van der Waals surface area contributed by atoms with Gasteiger partial charge in [0.2, 0.25) is 0 Å². The maximum atomic E-state index is 3.44. The minimum atomic E-state index is 0.373. The standard InChI is InChI=1S/C11H14BrNS/c1-11(2)7-8-13(11)14-10-5-3-9(12)4-6-10/h3-6H,7-8H2,1-2H3. The van der Waals surface area contributed by atoms with Crippen LogP contribution in [0.5, 0.6) is 0 Å². The molecule has 1 aromatic carbocycles. The van der Waals surface area contributed by atoms with Crippen LogP contribution in [0, 0.1) is 0 Å². The first kappa shape index (κ1) is 10.5. The lowest BCUT2D eigenvalue weighted by atomic mass is 9.93. The first-order valence-electron chi connectivity index (χ1n) is 4.79. The van der Waals surface area contributed by atoms with Gasteiger partial charge >= 0.3 is 0 Å². The molecule has 76 valence electrons. The molecule has 0 atom stereocenters. The molecule has 0 unspecified atom stereocenters. The van der Waals surface area contributed by atoms with Gasteiger partial charge in [-0.2, -0.15) is 0 Å². The van der Waals surface area contributed by atoms with Gasteiger partial charge in [-0.15, -0.1) is 0 Å². The molecule has 0 amide bonds. The molecule has 14 heavy (non-hydrogen) atoms. The van der Waals surface area contributed by atoms with Crippen molar-refractivity contribution in [1.29, 1.82) is 0 Å². The van der Waals surface area contributed by atoms with Gasteiger partial charge in [-0.25, -0.2) is 4.31 Å². The van der Waals surface area contributed by atoms with E-state index < -0.39 is 0 Å². The summed E-state index contributed by atoms with van der Waals surface area (Å²) in [5, 5.41) is 0. The van der Waals surface area contributed by atoms with Gasteiger partial charge in [0.25, 0.3) is 0 Å². The van der Waals surface area contributed by atoms with E-state index in [1.165, 1.54) is 17.9 Å². The van der Waals surface area contributed by atoms with Crippen LogP contribution in [-0.2, 0) is 0 Å². The highest BCUT2D eigenvalue weighted by atomic mass is 79.9. The molecule has 0 aliphatic carbocycles. The van der Waals surface area contributed by atoms with E-state index in [1.807, 2.05) is 11.9 Å². The summed E-state index contributed by atoms with van der Waals surface area (Å²) in [6.07, 6.45) is 1.30. The van der Waals surface area contributed by atoms with Crippen molar-refractivity contribution >= 4 is 27.9 Å². The molecule has 0 radical (unpaired) electrons. The molecule has 1 aromatic rings. The number of hydrogen-bond donors (Lipinski definition) is 0. The summed E-state index contributed by atoms with van der Waals surface area (Å²) >= 11 is 5.30. The van der Waals surface area contributed by atoms with E-state index in [0.717, 1.165) is 4.47 Å². The third-order valence-electron chi connectivity index (χ3n) is 2.63. The lowest BCUT2D eigenvalue weighted by molar-refractivity contribution is 0.125. The van der Waals surface area contributed by atoms with Gasteiger partial charge in [0.15, 0.2) is 0 Å². The Morgan fingerprint density at radius 3 is 2.36 bits per heavy atom. The van der Waals surface area contributed by atoms with E-state index in [2.05, 4.69) is 58.3 Å². The minimum absolute atomic E-state index is 0.373. The van der Waals surface area contributed by atoms with Crippen molar-refractivity contribution in [1.82, 2.24) is 4.31 Å². The number of rotatable bonds is 2. The van der Waals surface area contributed by atoms with E-state index in [0.29, 0.717) is 5.54 Å². The van der Waals surface area contributed by atoms with Crippen molar-refractivity contribution in [2.75, 3.05) is 6.54 Å². The Morgan fingerprint density at radius 2 is 1.93 bits per heavy atom. The summed E-state index contributed by atoms with van der Waals surface area (Å²) in [5.74, 6) is 0. The Labute approximate surface area is 98.1 Å². The van der Waals surface area contributed by atoms with E-state index in [4.69, 9.17) is 0 Å². The summed E-state index contributed by atoms with van der Waals surface area (Å²) in [6.45, 7) is 5.79. The number of nitrogens with zero attached hydrogens (tertiary/aromatic N) is 1. The van der Waals surface area contributed by atoms with Gasteiger partial charge in [0, 0.05) is 21.5 Å². The Kier molecular flexibility index (Phi) is 2.91. The molecule has 0 aromatic heterocycles. The summed E-state index contributed by atoms with van der Waals surface area (Å²) < 4.78 is 3.58. The predicted octanol–water partition coefficient (Wildman–Crippen LogP) is 3.94. The number of hydrogen-bond acceptors (Lipinski definition) is 2. The fraction of sp³-hybridized carbons (Fsp3) is 0.455. The molecular weight excluding hydrogens is 258 g/mol. The maximum Gasteiger partial charge on any atom is 0.0273 e. The van der Waals surface area contributed by atoms with Crippen molar-refractivity contribution in [2.45, 2.75) is 30.7 Å². The molecule has 0 spiro atoms. The third-order valence-corrected chi connectivity index (χ3v) is 4.54. The van der Waals surface area contributed by atoms with E-state index in [9.17, 15) is 0 Å². The SMILES string of the molecule is CC1(C)CCN1Sc1ccc(Br)cc1. The Hall–Kier alpha value is 0.01000. The second-order valence-electron chi connectivity index (χ2n) is 4.21. The Balaban J connectivity index is 2.01. The Morgan fingerprint density at radius 1 is 1.29 bits per heavy atom. The van der Waals surface area contributed by atoms with E-state index >= 15 is 0 Å². The highest BCUT2D eigenvalue weighted by Crippen LogP contribution is 2.39. The van der Waals surface area contributed by atoms with Crippen molar-refractivity contribution < 1.29 is 0 Å². The molecule has 2 rings (SSSR count). The van der Waals surface area contributed by atoms with Crippen molar-refractivity contribution in [3.8, 4) is 0 Å². The van der Waals surface area contributed by atoms with Crippen LogP contribution in [0.25, 0.3) is 0 Å². The first-order valence-corrected chi connectivity index (χ1v) is 6.36. The van der Waals surface area contributed by atoms with Crippen molar-refractivity contribution in [3.05, 3.63) is 28.7 Å². The van der Waals surface area contributed by atoms with Crippen LogP contribution < -0.4 is 0 Å². The fourth-order valence-corrected chi connectivity index (χ4v) is 2.74. The average molecular weight is 272 g/mol. The molecule has 0 saturated carbocycles. The van der Waals surface area contributed by atoms with E-state index in [-0.39, 0.29) is 0 Å². The van der Waals surface area contributed by atoms with Crippen LogP contribution in [0.2, 0.25) is 0 Å². The number of halogens is 1. The summed E-state index contributed by atoms with van der Waals surface area (Å²) in [4.78, 5) is 1.32. The zero-order valence-corrected chi connectivity index (χ0v) is 10.9. The zero-order valence-electron chi connectivity index (χ0n) is 8.46. The predicted molar refractivity (Wildman–Crippen MR) is 65.4 cm³/mol. The fourth-order valence-electron chi connectivity index (χ4n) is 1.44. The normalized spacial score (nSPS) is 20.5. The molecule has 3 heteroatoms. The molecular formula is C11H14BrNS. The highest BCUT2D eigenvalue weighted by Gasteiger charge is 2.36. The number of benzene rings is 1. The molecule has 1 heterocycles. The summed E-state index contributed by atoms with van der Waals surface area (Å²) in [6, 6.07) is 8.50. The molecule has 1 aliphatic heterocycles. The van der Waals surface area contributed by atoms with Crippen LogP contribution in [0.4, 0.5) is 0 Å². The first-order chi connectivity index (χ1) is 6.58. The van der Waals surface area contributed by atoms with Gasteiger partial charge in [0.1, 0.15) is 0 Å². The molecule has 0 bridgehead atoms. The largest absolute Gasteiger partial charge is 0.241 e. The second-order valence-corrected chi connectivity index (χ2v) is 6.22. The maximum absolute atomic E-state index is 3.44. The summed E-state index contributed by atoms with van der Waals surface area (Å²) in [7, 11) is 0. The lowest BCUT2D eigenvalue weighted by Gasteiger charge is -2.47. The van der Waals surface area contributed by atoms with Gasteiger partial charge in [-0.05, 0) is 56.5 Å². The molecule has 1 nitrogen and oxygen atoms in total. The van der Waals surface area contributed by atoms with Crippen LogP contribution in [0.15, 0.2) is 33.6 Å². The third kappa shape index (κ3) is 2.15. The quantitative estimate of drug-likeness (QED) is 0.750. The van der Waals surface area contributed by atoms with Gasteiger partial charge in [0.05, 0.1) is 0 Å². The Bertz CT molecular complexity index is 321. The highest BCUT2D eigenvalue weighted by molar-refractivity contribution is 9.10. The monoisotopic (exact) mass is 271 g/mol. The zero-order chi connectivity index (χ0) is 10.2. The van der Waals surface area contributed by atoms with Crippen LogP contribution in [0.3, 0.4) is 0 Å². The lowest BCUT2D eigenvalue weighted by Crippen LogP contribution is -2.51. The van der Waals surface area contributed by atoms with E-state index in [1.54, 1.807) is 0 Å². The van der Waals surface area contributed by atoms with Crippen LogP contribution >= 0.6 is 27.9 Å². The van der Waals surface area contributed by atoms with Gasteiger partial charge in [-0.1, -0.05) is 15.9 Å². The van der Waals surface area contributed by atoms with Gasteiger partial charge in [-0.3, -0.25) is 0 Å². The molecule has 0 N–H and O–H groups in total. The smallest absolute Gasteiger partial charge is 0.0273 e. The summed E-state index contributed by atoms with van der Waals surface area (Å²) in [5.41, 5.74) is 0.373. The van der Waals surface area contributed by atoms with Crippen molar-refractivity contribution in [3.63, 3.8) is 0 Å². The minimum Gasteiger partial charge on any atom is -0.241 e. The molecule has 1 saturated heterocycles. The van der Waals surface area contributed by atoms with Crippen LogP contribution in [-0.4, -0.2) is 16.4 Å². The molecule has 1 aliphatic rings. The average Bonchev–Trinajstić information content (AvgIpc) is 2.15. The second kappa shape index (κ2) is 3.87. The molecule has 1 fully saturated rings.